The van der Waals surface area contributed by atoms with Gasteiger partial charge in [-0.25, -0.2) is 18.4 Å². The van der Waals surface area contributed by atoms with Gasteiger partial charge in [-0.1, -0.05) is 18.2 Å². The molecule has 3 N–H and O–H groups in total. The number of hydrogen-bond donors (Lipinski definition) is 3. The molecule has 2 heterocycles. The summed E-state index contributed by atoms with van der Waals surface area (Å²) in [6, 6.07) is 10.9. The van der Waals surface area contributed by atoms with Crippen LogP contribution in [-0.4, -0.2) is 53.8 Å². The fourth-order valence-corrected chi connectivity index (χ4v) is 3.91. The maximum atomic E-state index is 13.7. The second kappa shape index (κ2) is 11.1. The fourth-order valence-electron chi connectivity index (χ4n) is 3.91. The zero-order valence-corrected chi connectivity index (χ0v) is 20.1. The van der Waals surface area contributed by atoms with Crippen LogP contribution in [0.3, 0.4) is 0 Å². The first kappa shape index (κ1) is 28.4. The van der Waals surface area contributed by atoms with Crippen LogP contribution in [0, 0.1) is 6.92 Å². The van der Waals surface area contributed by atoms with Crippen LogP contribution >= 0.6 is 0 Å². The average Bonchev–Trinajstić information content (AvgIpc) is 3.17. The number of benzene rings is 2. The van der Waals surface area contributed by atoms with Gasteiger partial charge in [-0.05, 0) is 37.6 Å². The van der Waals surface area contributed by atoms with Crippen LogP contribution in [0.1, 0.15) is 34.5 Å². The van der Waals surface area contributed by atoms with Gasteiger partial charge in [-0.3, -0.25) is 4.79 Å². The van der Waals surface area contributed by atoms with E-state index in [1.165, 1.54) is 17.0 Å². The van der Waals surface area contributed by atoms with Crippen LogP contribution in [0.5, 0.6) is 0 Å². The maximum Gasteiger partial charge on any atom is 0.490 e. The van der Waals surface area contributed by atoms with Gasteiger partial charge < -0.3 is 24.8 Å². The smallest absolute Gasteiger partial charge is 0.478 e. The lowest BCUT2D eigenvalue weighted by Crippen LogP contribution is -2.22. The number of carbonyl (C=O) groups is 2. The molecule has 8 nitrogen and oxygen atoms in total. The molecule has 3 aromatic rings. The Morgan fingerprint density at radius 2 is 1.66 bits per heavy atom. The topological polar surface area (TPSA) is 120 Å². The van der Waals surface area contributed by atoms with Gasteiger partial charge in [-0.15, -0.1) is 0 Å². The van der Waals surface area contributed by atoms with Crippen molar-refractivity contribution in [1.82, 2.24) is 0 Å². The van der Waals surface area contributed by atoms with Crippen molar-refractivity contribution in [3.63, 3.8) is 0 Å². The van der Waals surface area contributed by atoms with E-state index in [4.69, 9.17) is 14.3 Å². The van der Waals surface area contributed by atoms with Crippen LogP contribution in [0.15, 0.2) is 51.7 Å². The van der Waals surface area contributed by atoms with Crippen molar-refractivity contribution in [2.75, 3.05) is 23.3 Å². The summed E-state index contributed by atoms with van der Waals surface area (Å²) < 4.78 is 65.1. The minimum absolute atomic E-state index is 0.114. The molecule has 0 spiro atoms. The number of fused-ring (bicyclic) bond motifs is 1. The summed E-state index contributed by atoms with van der Waals surface area (Å²) in [6.45, 7) is 3.30. The second-order valence-electron chi connectivity index (χ2n) is 8.64. The van der Waals surface area contributed by atoms with Crippen LogP contribution in [0.2, 0.25) is 0 Å². The molecule has 0 saturated carbocycles. The van der Waals surface area contributed by atoms with Crippen molar-refractivity contribution in [2.45, 2.75) is 38.4 Å². The minimum Gasteiger partial charge on any atom is -0.478 e. The van der Waals surface area contributed by atoms with Crippen LogP contribution in [0.4, 0.5) is 33.5 Å². The van der Waals surface area contributed by atoms with E-state index in [-0.39, 0.29) is 30.0 Å². The molecule has 0 aliphatic carbocycles. The molecule has 13 heteroatoms. The third-order valence-electron chi connectivity index (χ3n) is 5.72. The van der Waals surface area contributed by atoms with E-state index in [0.717, 1.165) is 5.56 Å². The van der Waals surface area contributed by atoms with E-state index in [2.05, 4.69) is 5.32 Å². The van der Waals surface area contributed by atoms with Crippen LogP contribution < -0.4 is 15.6 Å². The average molecular weight is 542 g/mol. The Morgan fingerprint density at radius 3 is 2.21 bits per heavy atom. The molecule has 38 heavy (non-hydrogen) atoms. The van der Waals surface area contributed by atoms with Gasteiger partial charge in [0.05, 0.1) is 30.1 Å². The Kier molecular flexibility index (Phi) is 8.28. The zero-order chi connectivity index (χ0) is 28.4. The lowest BCUT2D eigenvalue weighted by Gasteiger charge is -2.21. The summed E-state index contributed by atoms with van der Waals surface area (Å²) in [6.07, 6.45) is -8.35. The first-order chi connectivity index (χ1) is 17.7. The van der Waals surface area contributed by atoms with Crippen molar-refractivity contribution >= 4 is 34.5 Å². The first-order valence-corrected chi connectivity index (χ1v) is 11.2. The summed E-state index contributed by atoms with van der Waals surface area (Å²) in [4.78, 5) is 34.6. The van der Waals surface area contributed by atoms with E-state index in [0.29, 0.717) is 22.2 Å². The quantitative estimate of drug-likeness (QED) is 0.381. The minimum atomic E-state index is -5.08. The molecular formula is C25H23F5N2O6. The number of para-hydroxylation sites is 1. The van der Waals surface area contributed by atoms with Gasteiger partial charge in [0, 0.05) is 17.3 Å². The highest BCUT2D eigenvalue weighted by molar-refractivity contribution is 5.94. The monoisotopic (exact) mass is 542 g/mol. The second-order valence-corrected chi connectivity index (χ2v) is 8.64. The number of halogens is 5. The molecule has 4 rings (SSSR count). The lowest BCUT2D eigenvalue weighted by atomic mass is 10.0. The summed E-state index contributed by atoms with van der Waals surface area (Å²) in [5.74, 6) is -3.70. The molecule has 0 amide bonds. The highest BCUT2D eigenvalue weighted by Gasteiger charge is 2.38. The van der Waals surface area contributed by atoms with Crippen LogP contribution in [-0.2, 0) is 4.79 Å². The normalized spacial score (nSPS) is 18.0. The summed E-state index contributed by atoms with van der Waals surface area (Å²) in [5.41, 5.74) is 2.01. The molecule has 204 valence electrons. The lowest BCUT2D eigenvalue weighted by molar-refractivity contribution is -0.192. The predicted molar refractivity (Wildman–Crippen MR) is 128 cm³/mol. The Morgan fingerprint density at radius 1 is 1.08 bits per heavy atom. The molecule has 1 aliphatic rings. The SMILES string of the molecule is Cc1cc(C(C)Nc2ccccc2C(=O)O)c2oc(N3C[C@@H](F)[C@@H](F)C3)cc(=O)c2c1.O=C(O)C(F)(F)F. The zero-order valence-electron chi connectivity index (χ0n) is 20.1. The predicted octanol–water partition coefficient (Wildman–Crippen LogP) is 5.10. The summed E-state index contributed by atoms with van der Waals surface area (Å²) in [5, 5.41) is 20.1. The number of aromatic carboxylic acids is 1. The van der Waals surface area contributed by atoms with Gasteiger partial charge in [0.15, 0.2) is 23.7 Å². The Hall–Kier alpha value is -4.16. The molecule has 0 radical (unpaired) electrons. The van der Waals surface area contributed by atoms with E-state index < -0.39 is 36.5 Å². The molecule has 1 aromatic heterocycles. The van der Waals surface area contributed by atoms with E-state index >= 15 is 0 Å². The van der Waals surface area contributed by atoms with E-state index in [9.17, 15) is 36.6 Å². The number of aryl methyl sites for hydroxylation is 1. The first-order valence-electron chi connectivity index (χ1n) is 11.2. The van der Waals surface area contributed by atoms with Gasteiger partial charge in [-0.2, -0.15) is 13.2 Å². The molecule has 1 fully saturated rings. The molecule has 0 bridgehead atoms. The standard InChI is InChI=1S/C23H22F2N2O4.C2HF3O2/c1-12-7-15(13(2)26-19-6-4-3-5-14(19)23(29)30)22-16(8-12)20(28)9-21(31-22)27-10-17(24)18(25)11-27;3-2(4,5)1(6)7/h3-9,13,17-18,26H,10-11H2,1-2H3,(H,29,30);(H,6,7)/t13?,17-,18+;. The van der Waals surface area contributed by atoms with E-state index in [1.54, 1.807) is 24.3 Å². The molecule has 1 unspecified atom stereocenters. The summed E-state index contributed by atoms with van der Waals surface area (Å²) >= 11 is 0. The molecular weight excluding hydrogens is 519 g/mol. The number of anilines is 2. The number of carboxylic acid groups (broad SMARTS) is 2. The number of hydrogen-bond acceptors (Lipinski definition) is 6. The van der Waals surface area contributed by atoms with Crippen molar-refractivity contribution in [3.8, 4) is 0 Å². The number of nitrogens with zero attached hydrogens (tertiary/aromatic N) is 1. The van der Waals surface area contributed by atoms with Gasteiger partial charge >= 0.3 is 18.1 Å². The van der Waals surface area contributed by atoms with Gasteiger partial charge in [0.2, 0.25) is 0 Å². The number of rotatable bonds is 5. The maximum absolute atomic E-state index is 13.7. The highest BCUT2D eigenvalue weighted by atomic mass is 19.4. The third-order valence-corrected chi connectivity index (χ3v) is 5.72. The number of alkyl halides is 5. The molecule has 1 aliphatic heterocycles. The van der Waals surface area contributed by atoms with Crippen molar-refractivity contribution < 1.29 is 46.2 Å². The Balaban J connectivity index is 0.000000505. The molecule has 1 saturated heterocycles. The fraction of sp³-hybridized carbons (Fsp3) is 0.320. The Bertz CT molecular complexity index is 1400. The van der Waals surface area contributed by atoms with Crippen LogP contribution in [0.25, 0.3) is 11.0 Å². The van der Waals surface area contributed by atoms with Gasteiger partial charge in [0.25, 0.3) is 0 Å². The van der Waals surface area contributed by atoms with Crippen molar-refractivity contribution in [2.24, 2.45) is 0 Å². The molecule has 3 atom stereocenters. The number of nitrogens with one attached hydrogen (secondary N) is 1. The Labute approximate surface area is 212 Å². The van der Waals surface area contributed by atoms with Crippen molar-refractivity contribution in [3.05, 3.63) is 69.4 Å². The largest absolute Gasteiger partial charge is 0.490 e. The summed E-state index contributed by atoms with van der Waals surface area (Å²) in [7, 11) is 0. The highest BCUT2D eigenvalue weighted by Crippen LogP contribution is 2.32. The number of aliphatic carboxylic acids is 1. The van der Waals surface area contributed by atoms with E-state index in [1.807, 2.05) is 19.9 Å². The third kappa shape index (κ3) is 6.39. The molecule has 2 aromatic carbocycles. The van der Waals surface area contributed by atoms with Gasteiger partial charge in [0.1, 0.15) is 5.58 Å². The van der Waals surface area contributed by atoms with Crippen molar-refractivity contribution in [1.29, 1.82) is 0 Å². The number of carboxylic acids is 2.